The highest BCUT2D eigenvalue weighted by Crippen LogP contribution is 2.36. The summed E-state index contributed by atoms with van der Waals surface area (Å²) < 4.78 is 3.81. The number of hydrogen-bond acceptors (Lipinski definition) is 5. The molecule has 1 aromatic heterocycles. The molecule has 148 valence electrons. The molecule has 6 nitrogen and oxygen atoms in total. The Balaban J connectivity index is 1.65. The topological polar surface area (TPSA) is 75.2 Å². The van der Waals surface area contributed by atoms with Crippen LogP contribution in [0.4, 0.5) is 0 Å². The Hall–Kier alpha value is -1.99. The average Bonchev–Trinajstić information content (AvgIpc) is 3.39. The van der Waals surface area contributed by atoms with E-state index in [2.05, 4.69) is 14.9 Å². The first kappa shape index (κ1) is 19.3. The molecule has 1 aromatic carbocycles. The number of halogens is 1. The van der Waals surface area contributed by atoms with Crippen LogP contribution in [-0.2, 0) is 4.79 Å². The zero-order chi connectivity index (χ0) is 19.5. The van der Waals surface area contributed by atoms with Gasteiger partial charge in [0.15, 0.2) is 5.69 Å². The van der Waals surface area contributed by atoms with E-state index in [1.807, 2.05) is 12.1 Å². The van der Waals surface area contributed by atoms with Gasteiger partial charge in [0.1, 0.15) is 6.04 Å². The molecule has 0 aliphatic heterocycles. The third kappa shape index (κ3) is 4.36. The fourth-order valence-electron chi connectivity index (χ4n) is 3.85. The average molecular weight is 419 g/mol. The van der Waals surface area contributed by atoms with Crippen molar-refractivity contribution in [3.8, 4) is 0 Å². The van der Waals surface area contributed by atoms with Crippen molar-refractivity contribution >= 4 is 34.9 Å². The molecule has 0 spiro atoms. The summed E-state index contributed by atoms with van der Waals surface area (Å²) in [4.78, 5) is 28.3. The largest absolute Gasteiger partial charge is 0.351 e. The summed E-state index contributed by atoms with van der Waals surface area (Å²) in [5.41, 5.74) is 1.06. The molecule has 2 aromatic rings. The predicted octanol–water partition coefficient (Wildman–Crippen LogP) is 3.99. The van der Waals surface area contributed by atoms with Crippen LogP contribution in [0.1, 0.15) is 67.0 Å². The fourth-order valence-corrected chi connectivity index (χ4v) is 4.40. The summed E-state index contributed by atoms with van der Waals surface area (Å²) in [6, 6.07) is 6.71. The Morgan fingerprint density at radius 2 is 1.82 bits per heavy atom. The number of nitrogens with zero attached hydrogens (tertiary/aromatic N) is 3. The standard InChI is InChI=1S/C20H23ClN4O2S/c21-14-8-6-13(7-9-14)18(19(26)22-15-4-2-1-3-5-15)25(16-10-11-16)20(27)17-12-28-24-23-17/h6-9,12,15-16,18H,1-5,10-11H2,(H,22,26)/t18-/m0/s1. The van der Waals surface area contributed by atoms with Gasteiger partial charge in [-0.25, -0.2) is 0 Å². The van der Waals surface area contributed by atoms with Crippen molar-refractivity contribution < 1.29 is 9.59 Å². The van der Waals surface area contributed by atoms with Crippen LogP contribution in [0.25, 0.3) is 0 Å². The minimum Gasteiger partial charge on any atom is -0.351 e. The molecule has 1 N–H and O–H groups in total. The van der Waals surface area contributed by atoms with Crippen LogP contribution in [0, 0.1) is 0 Å². The van der Waals surface area contributed by atoms with Crippen molar-refractivity contribution in [2.24, 2.45) is 0 Å². The lowest BCUT2D eigenvalue weighted by Crippen LogP contribution is -2.48. The van der Waals surface area contributed by atoms with Gasteiger partial charge in [-0.2, -0.15) is 0 Å². The lowest BCUT2D eigenvalue weighted by molar-refractivity contribution is -0.127. The first-order valence-electron chi connectivity index (χ1n) is 9.79. The highest BCUT2D eigenvalue weighted by atomic mass is 35.5. The van der Waals surface area contributed by atoms with E-state index in [0.717, 1.165) is 55.6 Å². The minimum absolute atomic E-state index is 0.0481. The van der Waals surface area contributed by atoms with Gasteiger partial charge >= 0.3 is 0 Å². The van der Waals surface area contributed by atoms with E-state index in [-0.39, 0.29) is 23.9 Å². The van der Waals surface area contributed by atoms with Crippen molar-refractivity contribution in [2.75, 3.05) is 0 Å². The highest BCUT2D eigenvalue weighted by molar-refractivity contribution is 7.03. The monoisotopic (exact) mass is 418 g/mol. The van der Waals surface area contributed by atoms with E-state index in [0.29, 0.717) is 10.7 Å². The molecule has 0 bridgehead atoms. The molecule has 0 unspecified atom stereocenters. The number of rotatable bonds is 6. The van der Waals surface area contributed by atoms with E-state index in [1.54, 1.807) is 22.4 Å². The van der Waals surface area contributed by atoms with Gasteiger partial charge < -0.3 is 10.2 Å². The Morgan fingerprint density at radius 3 is 2.43 bits per heavy atom. The number of nitrogens with one attached hydrogen (secondary N) is 1. The normalized spacial score (nSPS) is 18.5. The second-order valence-electron chi connectivity index (χ2n) is 7.53. The van der Waals surface area contributed by atoms with Gasteiger partial charge in [0.25, 0.3) is 5.91 Å². The maximum absolute atomic E-state index is 13.4. The Kier molecular flexibility index (Phi) is 5.92. The van der Waals surface area contributed by atoms with Crippen molar-refractivity contribution in [1.29, 1.82) is 0 Å². The van der Waals surface area contributed by atoms with E-state index in [9.17, 15) is 9.59 Å². The summed E-state index contributed by atoms with van der Waals surface area (Å²) in [6.07, 6.45) is 7.25. The maximum atomic E-state index is 13.4. The number of aromatic nitrogens is 2. The molecule has 2 saturated carbocycles. The lowest BCUT2D eigenvalue weighted by atomic mass is 9.94. The Morgan fingerprint density at radius 1 is 1.11 bits per heavy atom. The number of benzene rings is 1. The molecule has 0 saturated heterocycles. The van der Waals surface area contributed by atoms with Crippen molar-refractivity contribution in [3.05, 3.63) is 45.9 Å². The quantitative estimate of drug-likeness (QED) is 0.769. The van der Waals surface area contributed by atoms with Gasteiger partial charge in [-0.1, -0.05) is 47.5 Å². The van der Waals surface area contributed by atoms with E-state index in [1.165, 1.54) is 6.42 Å². The van der Waals surface area contributed by atoms with Gasteiger partial charge in [-0.05, 0) is 54.9 Å². The van der Waals surface area contributed by atoms with Gasteiger partial charge in [-0.15, -0.1) is 5.10 Å². The number of hydrogen-bond donors (Lipinski definition) is 1. The second kappa shape index (κ2) is 8.57. The predicted molar refractivity (Wildman–Crippen MR) is 108 cm³/mol. The summed E-state index contributed by atoms with van der Waals surface area (Å²) in [7, 11) is 0. The second-order valence-corrected chi connectivity index (χ2v) is 8.58. The molecule has 1 atom stereocenters. The van der Waals surface area contributed by atoms with E-state index >= 15 is 0 Å². The zero-order valence-electron chi connectivity index (χ0n) is 15.5. The lowest BCUT2D eigenvalue weighted by Gasteiger charge is -2.33. The van der Waals surface area contributed by atoms with Gasteiger partial charge in [0.2, 0.25) is 5.91 Å². The molecular weight excluding hydrogens is 396 g/mol. The zero-order valence-corrected chi connectivity index (χ0v) is 17.1. The van der Waals surface area contributed by atoms with Crippen LogP contribution in [0.2, 0.25) is 5.02 Å². The Labute approximate surface area is 173 Å². The van der Waals surface area contributed by atoms with Crippen LogP contribution in [0.5, 0.6) is 0 Å². The third-order valence-electron chi connectivity index (χ3n) is 5.42. The molecule has 2 aliphatic rings. The minimum atomic E-state index is -0.694. The van der Waals surface area contributed by atoms with Crippen molar-refractivity contribution in [1.82, 2.24) is 19.8 Å². The summed E-state index contributed by atoms with van der Waals surface area (Å²) in [6.45, 7) is 0. The Bertz CT molecular complexity index is 817. The molecule has 1 heterocycles. The van der Waals surface area contributed by atoms with Gasteiger partial charge in [-0.3, -0.25) is 9.59 Å². The van der Waals surface area contributed by atoms with Crippen molar-refractivity contribution in [3.63, 3.8) is 0 Å². The molecule has 8 heteroatoms. The molecule has 4 rings (SSSR count). The maximum Gasteiger partial charge on any atom is 0.276 e. The SMILES string of the molecule is O=C(NC1CCCCC1)[C@H](c1ccc(Cl)cc1)N(C(=O)c1csnn1)C1CC1. The third-order valence-corrected chi connectivity index (χ3v) is 6.17. The first-order chi connectivity index (χ1) is 13.6. The van der Waals surface area contributed by atoms with E-state index < -0.39 is 6.04 Å². The number of amides is 2. The molecule has 2 aliphatic carbocycles. The van der Waals surface area contributed by atoms with Gasteiger partial charge in [0.05, 0.1) is 0 Å². The van der Waals surface area contributed by atoms with Crippen LogP contribution in [0.3, 0.4) is 0 Å². The smallest absolute Gasteiger partial charge is 0.276 e. The number of carbonyl (C=O) groups excluding carboxylic acids is 2. The molecule has 28 heavy (non-hydrogen) atoms. The van der Waals surface area contributed by atoms with Gasteiger partial charge in [0, 0.05) is 22.5 Å². The highest BCUT2D eigenvalue weighted by Gasteiger charge is 2.42. The van der Waals surface area contributed by atoms with Crippen molar-refractivity contribution in [2.45, 2.75) is 63.1 Å². The fraction of sp³-hybridized carbons (Fsp3) is 0.500. The summed E-state index contributed by atoms with van der Waals surface area (Å²) >= 11 is 7.19. The van der Waals surface area contributed by atoms with Crippen LogP contribution in [0.15, 0.2) is 29.6 Å². The molecule has 2 fully saturated rings. The molecular formula is C20H23ClN4O2S. The number of carbonyl (C=O) groups is 2. The van der Waals surface area contributed by atoms with E-state index in [4.69, 9.17) is 11.6 Å². The first-order valence-corrected chi connectivity index (χ1v) is 11.0. The summed E-state index contributed by atoms with van der Waals surface area (Å²) in [5.74, 6) is -0.368. The van der Waals surface area contributed by atoms with Crippen LogP contribution in [-0.4, -0.2) is 38.4 Å². The molecule has 0 radical (unpaired) electrons. The van der Waals surface area contributed by atoms with Crippen LogP contribution >= 0.6 is 23.1 Å². The molecule has 2 amide bonds. The summed E-state index contributed by atoms with van der Waals surface area (Å²) in [5, 5.41) is 9.37. The van der Waals surface area contributed by atoms with Crippen LogP contribution < -0.4 is 5.32 Å².